The Kier molecular flexibility index (Phi) is 5.04. The van der Waals surface area contributed by atoms with Crippen molar-refractivity contribution in [3.05, 3.63) is 113 Å². The molecular formula is C29H24O6. The van der Waals surface area contributed by atoms with Gasteiger partial charge in [0.05, 0.1) is 13.2 Å². The van der Waals surface area contributed by atoms with Crippen molar-refractivity contribution in [3.8, 4) is 28.7 Å². The van der Waals surface area contributed by atoms with Crippen LogP contribution in [0.1, 0.15) is 28.4 Å². The number of fused-ring (bicyclic) bond motifs is 2. The average Bonchev–Trinajstić information content (AvgIpc) is 3.30. The first-order valence-electron chi connectivity index (χ1n) is 11.4. The van der Waals surface area contributed by atoms with E-state index in [1.807, 2.05) is 78.9 Å². The second-order valence-electron chi connectivity index (χ2n) is 8.69. The predicted molar refractivity (Wildman–Crippen MR) is 129 cm³/mol. The Morgan fingerprint density at radius 1 is 0.800 bits per heavy atom. The molecule has 176 valence electrons. The van der Waals surface area contributed by atoms with Gasteiger partial charge in [0, 0.05) is 35.2 Å². The second kappa shape index (κ2) is 8.25. The van der Waals surface area contributed by atoms with Gasteiger partial charge in [-0.2, -0.15) is 0 Å². The number of rotatable bonds is 4. The van der Waals surface area contributed by atoms with Crippen molar-refractivity contribution in [3.63, 3.8) is 0 Å². The quantitative estimate of drug-likeness (QED) is 0.434. The van der Waals surface area contributed by atoms with Crippen LogP contribution in [0.15, 0.2) is 91.0 Å². The molecule has 2 atom stereocenters. The van der Waals surface area contributed by atoms with Gasteiger partial charge in [-0.25, -0.2) is 0 Å². The van der Waals surface area contributed by atoms with Crippen LogP contribution in [0.4, 0.5) is 0 Å². The lowest BCUT2D eigenvalue weighted by Crippen LogP contribution is -2.36. The van der Waals surface area contributed by atoms with E-state index in [1.165, 1.54) is 13.2 Å². The summed E-state index contributed by atoms with van der Waals surface area (Å²) in [4.78, 5) is 0. The highest BCUT2D eigenvalue weighted by Crippen LogP contribution is 2.49. The third-order valence-electron chi connectivity index (χ3n) is 6.52. The fraction of sp³-hybridized carbons (Fsp3) is 0.172. The summed E-state index contributed by atoms with van der Waals surface area (Å²) in [7, 11) is 1.53. The van der Waals surface area contributed by atoms with E-state index in [1.54, 1.807) is 6.07 Å². The monoisotopic (exact) mass is 468 g/mol. The first-order chi connectivity index (χ1) is 17.1. The molecule has 35 heavy (non-hydrogen) atoms. The predicted octanol–water partition coefficient (Wildman–Crippen LogP) is 5.11. The minimum Gasteiger partial charge on any atom is -0.507 e. The molecule has 0 unspecified atom stereocenters. The number of benzene rings is 4. The summed E-state index contributed by atoms with van der Waals surface area (Å²) in [5, 5.41) is 21.2. The van der Waals surface area contributed by atoms with Crippen LogP contribution in [0, 0.1) is 0 Å². The van der Waals surface area contributed by atoms with E-state index in [-0.39, 0.29) is 12.2 Å². The van der Waals surface area contributed by atoms with E-state index >= 15 is 0 Å². The number of hydrogen-bond donors (Lipinski definition) is 2. The molecule has 0 saturated carbocycles. The van der Waals surface area contributed by atoms with E-state index in [4.69, 9.17) is 18.9 Å². The highest BCUT2D eigenvalue weighted by molar-refractivity contribution is 5.54. The van der Waals surface area contributed by atoms with E-state index in [0.717, 1.165) is 16.7 Å². The summed E-state index contributed by atoms with van der Waals surface area (Å²) in [6.07, 6.45) is -1.25. The lowest BCUT2D eigenvalue weighted by Gasteiger charge is -2.31. The maximum absolute atomic E-state index is 10.9. The number of aromatic hydroxyl groups is 1. The summed E-state index contributed by atoms with van der Waals surface area (Å²) in [6.45, 7) is 0. The first-order valence-corrected chi connectivity index (χ1v) is 11.4. The normalized spacial score (nSPS) is 19.5. The van der Waals surface area contributed by atoms with Crippen LogP contribution in [-0.2, 0) is 12.2 Å². The molecule has 6 nitrogen and oxygen atoms in total. The fourth-order valence-corrected chi connectivity index (χ4v) is 4.77. The number of phenols is 1. The highest BCUT2D eigenvalue weighted by Gasteiger charge is 2.46. The van der Waals surface area contributed by atoms with Crippen molar-refractivity contribution >= 4 is 0 Å². The van der Waals surface area contributed by atoms with Crippen molar-refractivity contribution in [1.29, 1.82) is 0 Å². The summed E-state index contributed by atoms with van der Waals surface area (Å²) >= 11 is 0. The molecule has 2 N–H and O–H groups in total. The SMILES string of the molecule is COc1cc(O)c2c(c1)O[C@H](c1ccc3c(c1)OC(c1ccccc1)(c1ccccc1)O3)[C@@H](O)C2. The van der Waals surface area contributed by atoms with Crippen LogP contribution in [0.5, 0.6) is 28.7 Å². The number of aliphatic hydroxyl groups is 1. The van der Waals surface area contributed by atoms with Crippen molar-refractivity contribution in [1.82, 2.24) is 0 Å². The third kappa shape index (κ3) is 3.54. The van der Waals surface area contributed by atoms with Gasteiger partial charge < -0.3 is 29.2 Å². The van der Waals surface area contributed by atoms with Gasteiger partial charge in [0.2, 0.25) is 0 Å². The molecule has 2 heterocycles. The van der Waals surface area contributed by atoms with Gasteiger partial charge in [-0.1, -0.05) is 66.7 Å². The minimum absolute atomic E-state index is 0.0399. The lowest BCUT2D eigenvalue weighted by atomic mass is 9.94. The minimum atomic E-state index is -1.12. The van der Waals surface area contributed by atoms with Crippen LogP contribution < -0.4 is 18.9 Å². The molecule has 0 aromatic heterocycles. The largest absolute Gasteiger partial charge is 0.507 e. The van der Waals surface area contributed by atoms with Gasteiger partial charge in [0.25, 0.3) is 0 Å². The molecular weight excluding hydrogens is 444 g/mol. The fourth-order valence-electron chi connectivity index (χ4n) is 4.77. The molecule has 4 aromatic rings. The van der Waals surface area contributed by atoms with Crippen LogP contribution >= 0.6 is 0 Å². The maximum atomic E-state index is 10.9. The number of ether oxygens (including phenoxy) is 4. The van der Waals surface area contributed by atoms with Crippen molar-refractivity contribution in [2.75, 3.05) is 7.11 Å². The number of aliphatic hydroxyl groups excluding tert-OH is 1. The van der Waals surface area contributed by atoms with Gasteiger partial charge >= 0.3 is 5.79 Å². The molecule has 2 aliphatic heterocycles. The van der Waals surface area contributed by atoms with Crippen molar-refractivity contribution in [2.24, 2.45) is 0 Å². The summed E-state index contributed by atoms with van der Waals surface area (Å²) in [6, 6.07) is 28.4. The summed E-state index contributed by atoms with van der Waals surface area (Å²) < 4.78 is 24.4. The molecule has 0 bridgehead atoms. The molecule has 0 saturated heterocycles. The standard InChI is InChI=1S/C29H24O6/c1-32-21-15-23(30)22-17-24(31)28(33-26(22)16-21)18-12-13-25-27(14-18)35-29(34-25,19-8-4-2-5-9-19)20-10-6-3-7-11-20/h2-16,24,28,30-31H,17H2,1H3/t24-,28+/m0/s1. The summed E-state index contributed by atoms with van der Waals surface area (Å²) in [5.41, 5.74) is 3.04. The molecule has 0 fully saturated rings. The van der Waals surface area contributed by atoms with Crippen LogP contribution in [-0.4, -0.2) is 23.4 Å². The number of methoxy groups -OCH3 is 1. The van der Waals surface area contributed by atoms with E-state index in [9.17, 15) is 10.2 Å². The Hall–Kier alpha value is -4.16. The molecule has 4 aromatic carbocycles. The second-order valence-corrected chi connectivity index (χ2v) is 8.69. The molecule has 2 aliphatic rings. The zero-order valence-electron chi connectivity index (χ0n) is 19.0. The maximum Gasteiger partial charge on any atom is 0.305 e. The van der Waals surface area contributed by atoms with Gasteiger partial charge in [-0.15, -0.1) is 0 Å². The topological polar surface area (TPSA) is 77.4 Å². The Balaban J connectivity index is 1.37. The zero-order valence-corrected chi connectivity index (χ0v) is 19.0. The first kappa shape index (κ1) is 21.4. The Morgan fingerprint density at radius 3 is 2.11 bits per heavy atom. The molecule has 6 rings (SSSR count). The van der Waals surface area contributed by atoms with Crippen LogP contribution in [0.25, 0.3) is 0 Å². The molecule has 0 aliphatic carbocycles. The van der Waals surface area contributed by atoms with E-state index in [0.29, 0.717) is 28.6 Å². The molecule has 0 spiro atoms. The van der Waals surface area contributed by atoms with Crippen molar-refractivity contribution < 1.29 is 29.2 Å². The Labute approximate surface area is 202 Å². The average molecular weight is 469 g/mol. The van der Waals surface area contributed by atoms with Gasteiger partial charge in [0.1, 0.15) is 23.4 Å². The van der Waals surface area contributed by atoms with Gasteiger partial charge in [-0.3, -0.25) is 0 Å². The summed E-state index contributed by atoms with van der Waals surface area (Å²) in [5.74, 6) is 1.05. The van der Waals surface area contributed by atoms with E-state index in [2.05, 4.69) is 0 Å². The lowest BCUT2D eigenvalue weighted by molar-refractivity contribution is -0.0459. The zero-order chi connectivity index (χ0) is 24.0. The molecule has 6 heteroatoms. The number of phenolic OH excluding ortho intramolecular Hbond substituents is 1. The Morgan fingerprint density at radius 2 is 1.46 bits per heavy atom. The van der Waals surface area contributed by atoms with Crippen molar-refractivity contribution in [2.45, 2.75) is 24.4 Å². The molecule has 0 amide bonds. The number of hydrogen-bond acceptors (Lipinski definition) is 6. The van der Waals surface area contributed by atoms with Gasteiger partial charge in [0.15, 0.2) is 11.5 Å². The van der Waals surface area contributed by atoms with E-state index < -0.39 is 18.0 Å². The van der Waals surface area contributed by atoms with Crippen LogP contribution in [0.2, 0.25) is 0 Å². The molecule has 0 radical (unpaired) electrons. The third-order valence-corrected chi connectivity index (χ3v) is 6.52. The smallest absolute Gasteiger partial charge is 0.305 e. The van der Waals surface area contributed by atoms with Gasteiger partial charge in [-0.05, 0) is 17.7 Å². The Bertz CT molecular complexity index is 1330. The highest BCUT2D eigenvalue weighted by atomic mass is 16.7. The van der Waals surface area contributed by atoms with Crippen LogP contribution in [0.3, 0.4) is 0 Å².